The summed E-state index contributed by atoms with van der Waals surface area (Å²) in [5.41, 5.74) is 0.992. The first-order valence-corrected chi connectivity index (χ1v) is 8.89. The standard InChI is InChI=1S/C18H23ClN4O2/c1-3-25-18-14(19)8-13(9-15(18)24-2)11-20-16-10-17(22-12-21-16)23-6-4-5-7-23/h8-10,12H,3-7,11H2,1-2H3,(H,20,21,22). The molecule has 0 aliphatic carbocycles. The number of nitrogens with zero attached hydrogens (tertiary/aromatic N) is 3. The van der Waals surface area contributed by atoms with E-state index in [9.17, 15) is 0 Å². The van der Waals surface area contributed by atoms with Gasteiger partial charge in [-0.1, -0.05) is 11.6 Å². The minimum absolute atomic E-state index is 0.536. The predicted molar refractivity (Wildman–Crippen MR) is 100.0 cm³/mol. The van der Waals surface area contributed by atoms with Gasteiger partial charge in [-0.25, -0.2) is 9.97 Å². The van der Waals surface area contributed by atoms with E-state index in [1.165, 1.54) is 12.8 Å². The van der Waals surface area contributed by atoms with Crippen molar-refractivity contribution >= 4 is 23.2 Å². The normalized spacial score (nSPS) is 13.8. The summed E-state index contributed by atoms with van der Waals surface area (Å²) in [6.07, 6.45) is 4.04. The van der Waals surface area contributed by atoms with Crippen LogP contribution in [0.25, 0.3) is 0 Å². The first kappa shape index (κ1) is 17.6. The lowest BCUT2D eigenvalue weighted by atomic mass is 10.2. The van der Waals surface area contributed by atoms with Crippen LogP contribution in [0.5, 0.6) is 11.5 Å². The van der Waals surface area contributed by atoms with Crippen molar-refractivity contribution in [1.29, 1.82) is 0 Å². The fourth-order valence-corrected chi connectivity index (χ4v) is 3.20. The zero-order chi connectivity index (χ0) is 17.6. The van der Waals surface area contributed by atoms with Crippen LogP contribution in [-0.2, 0) is 6.54 Å². The smallest absolute Gasteiger partial charge is 0.179 e. The maximum Gasteiger partial charge on any atom is 0.179 e. The van der Waals surface area contributed by atoms with Gasteiger partial charge in [0.15, 0.2) is 11.5 Å². The lowest BCUT2D eigenvalue weighted by Crippen LogP contribution is -2.19. The van der Waals surface area contributed by atoms with Crippen LogP contribution in [-0.4, -0.2) is 36.8 Å². The molecule has 134 valence electrons. The maximum atomic E-state index is 6.32. The van der Waals surface area contributed by atoms with Crippen LogP contribution in [0.3, 0.4) is 0 Å². The van der Waals surface area contributed by atoms with Crippen LogP contribution in [0, 0.1) is 0 Å². The second-order valence-corrected chi connectivity index (χ2v) is 6.26. The molecule has 25 heavy (non-hydrogen) atoms. The number of rotatable bonds is 7. The molecule has 0 atom stereocenters. The molecule has 0 spiro atoms. The molecule has 1 N–H and O–H groups in total. The fourth-order valence-electron chi connectivity index (χ4n) is 2.92. The quantitative estimate of drug-likeness (QED) is 0.809. The number of hydrogen-bond donors (Lipinski definition) is 1. The highest BCUT2D eigenvalue weighted by Gasteiger charge is 2.14. The summed E-state index contributed by atoms with van der Waals surface area (Å²) in [7, 11) is 1.61. The third-order valence-corrected chi connectivity index (χ3v) is 4.41. The summed E-state index contributed by atoms with van der Waals surface area (Å²) in [6.45, 7) is 5.15. The Bertz CT molecular complexity index is 720. The van der Waals surface area contributed by atoms with E-state index >= 15 is 0 Å². The summed E-state index contributed by atoms with van der Waals surface area (Å²) < 4.78 is 10.9. The number of nitrogens with one attached hydrogen (secondary N) is 1. The van der Waals surface area contributed by atoms with E-state index in [0.29, 0.717) is 29.7 Å². The van der Waals surface area contributed by atoms with Gasteiger partial charge in [0, 0.05) is 25.7 Å². The minimum Gasteiger partial charge on any atom is -0.493 e. The van der Waals surface area contributed by atoms with Gasteiger partial charge in [-0.05, 0) is 37.5 Å². The zero-order valence-electron chi connectivity index (χ0n) is 14.6. The number of hydrogen-bond acceptors (Lipinski definition) is 6. The van der Waals surface area contributed by atoms with Gasteiger partial charge in [-0.15, -0.1) is 0 Å². The third-order valence-electron chi connectivity index (χ3n) is 4.13. The van der Waals surface area contributed by atoms with Crippen LogP contribution in [0.2, 0.25) is 5.02 Å². The molecule has 0 unspecified atom stereocenters. The van der Waals surface area contributed by atoms with E-state index in [1.807, 2.05) is 25.1 Å². The largest absolute Gasteiger partial charge is 0.493 e. The van der Waals surface area contributed by atoms with E-state index in [1.54, 1.807) is 13.4 Å². The van der Waals surface area contributed by atoms with Gasteiger partial charge in [0.2, 0.25) is 0 Å². The average molecular weight is 363 g/mol. The van der Waals surface area contributed by atoms with Gasteiger partial charge < -0.3 is 19.7 Å². The highest BCUT2D eigenvalue weighted by atomic mass is 35.5. The molecule has 0 amide bonds. The molecule has 0 bridgehead atoms. The van der Waals surface area contributed by atoms with Crippen LogP contribution in [0.15, 0.2) is 24.5 Å². The Kier molecular flexibility index (Phi) is 5.81. The minimum atomic E-state index is 0.536. The van der Waals surface area contributed by atoms with E-state index in [0.717, 1.165) is 30.3 Å². The van der Waals surface area contributed by atoms with Crippen molar-refractivity contribution in [1.82, 2.24) is 9.97 Å². The Morgan fingerprint density at radius 2 is 2.00 bits per heavy atom. The molecule has 0 saturated carbocycles. The van der Waals surface area contributed by atoms with E-state index in [4.69, 9.17) is 21.1 Å². The Hall–Kier alpha value is -2.21. The van der Waals surface area contributed by atoms with Crippen molar-refractivity contribution in [2.75, 3.05) is 37.0 Å². The van der Waals surface area contributed by atoms with E-state index in [2.05, 4.69) is 20.2 Å². The van der Waals surface area contributed by atoms with Gasteiger partial charge in [0.25, 0.3) is 0 Å². The highest BCUT2D eigenvalue weighted by molar-refractivity contribution is 6.32. The van der Waals surface area contributed by atoms with E-state index in [-0.39, 0.29) is 0 Å². The number of benzene rings is 1. The van der Waals surface area contributed by atoms with Crippen LogP contribution in [0.1, 0.15) is 25.3 Å². The third kappa shape index (κ3) is 4.25. The monoisotopic (exact) mass is 362 g/mol. The number of anilines is 2. The molecule has 3 rings (SSSR count). The summed E-state index contributed by atoms with van der Waals surface area (Å²) in [5.74, 6) is 2.97. The molecule has 2 aromatic rings. The van der Waals surface area contributed by atoms with Crippen LogP contribution < -0.4 is 19.7 Å². The molecular formula is C18H23ClN4O2. The van der Waals surface area contributed by atoms with Crippen molar-refractivity contribution in [2.24, 2.45) is 0 Å². The number of ether oxygens (including phenoxy) is 2. The van der Waals surface area contributed by atoms with Crippen LogP contribution in [0.4, 0.5) is 11.6 Å². The second-order valence-electron chi connectivity index (χ2n) is 5.85. The van der Waals surface area contributed by atoms with Gasteiger partial charge in [-0.3, -0.25) is 0 Å². The zero-order valence-corrected chi connectivity index (χ0v) is 15.3. The lowest BCUT2D eigenvalue weighted by Gasteiger charge is -2.17. The molecule has 2 heterocycles. The maximum absolute atomic E-state index is 6.32. The molecule has 1 aromatic carbocycles. The van der Waals surface area contributed by atoms with Crippen molar-refractivity contribution in [3.05, 3.63) is 35.1 Å². The first-order valence-electron chi connectivity index (χ1n) is 8.51. The summed E-state index contributed by atoms with van der Waals surface area (Å²) in [5, 5.41) is 3.86. The molecule has 1 aliphatic rings. The molecule has 1 aromatic heterocycles. The summed E-state index contributed by atoms with van der Waals surface area (Å²) >= 11 is 6.32. The molecule has 0 radical (unpaired) electrons. The Labute approximate surface area is 153 Å². The van der Waals surface area contributed by atoms with Gasteiger partial charge in [0.05, 0.1) is 18.7 Å². The Balaban J connectivity index is 1.71. The van der Waals surface area contributed by atoms with Crippen molar-refractivity contribution < 1.29 is 9.47 Å². The Morgan fingerprint density at radius 1 is 1.20 bits per heavy atom. The number of halogens is 1. The first-order chi connectivity index (χ1) is 12.2. The van der Waals surface area contributed by atoms with E-state index < -0.39 is 0 Å². The highest BCUT2D eigenvalue weighted by Crippen LogP contribution is 2.36. The number of methoxy groups -OCH3 is 1. The molecular weight excluding hydrogens is 340 g/mol. The van der Waals surface area contributed by atoms with Gasteiger partial charge in [-0.2, -0.15) is 0 Å². The molecule has 1 saturated heterocycles. The summed E-state index contributed by atoms with van der Waals surface area (Å²) in [6, 6.07) is 5.79. The molecule has 1 aliphatic heterocycles. The summed E-state index contributed by atoms with van der Waals surface area (Å²) in [4.78, 5) is 10.9. The fraction of sp³-hybridized carbons (Fsp3) is 0.444. The molecule has 7 heteroatoms. The lowest BCUT2D eigenvalue weighted by molar-refractivity contribution is 0.311. The predicted octanol–water partition coefficient (Wildman–Crippen LogP) is 3.75. The average Bonchev–Trinajstić information content (AvgIpc) is 3.17. The van der Waals surface area contributed by atoms with Gasteiger partial charge >= 0.3 is 0 Å². The topological polar surface area (TPSA) is 59.5 Å². The van der Waals surface area contributed by atoms with Crippen molar-refractivity contribution in [2.45, 2.75) is 26.3 Å². The van der Waals surface area contributed by atoms with Crippen molar-refractivity contribution in [3.8, 4) is 11.5 Å². The van der Waals surface area contributed by atoms with Gasteiger partial charge in [0.1, 0.15) is 18.0 Å². The Morgan fingerprint density at radius 3 is 2.72 bits per heavy atom. The molecule has 6 nitrogen and oxygen atoms in total. The second kappa shape index (κ2) is 8.25. The number of aromatic nitrogens is 2. The van der Waals surface area contributed by atoms with Crippen LogP contribution >= 0.6 is 11.6 Å². The molecule has 1 fully saturated rings. The SMILES string of the molecule is CCOc1c(Cl)cc(CNc2cc(N3CCCC3)ncn2)cc1OC. The van der Waals surface area contributed by atoms with Crippen molar-refractivity contribution in [3.63, 3.8) is 0 Å².